The van der Waals surface area contributed by atoms with Gasteiger partial charge in [-0.25, -0.2) is 4.79 Å². The monoisotopic (exact) mass is 483 g/mol. The Labute approximate surface area is 197 Å². The Kier molecular flexibility index (Phi) is 8.63. The van der Waals surface area contributed by atoms with Crippen LogP contribution in [0.1, 0.15) is 63.3 Å². The van der Waals surface area contributed by atoms with E-state index >= 15 is 0 Å². The zero-order valence-corrected chi connectivity index (χ0v) is 20.3. The molecule has 0 radical (unpaired) electrons. The Morgan fingerprint density at radius 2 is 1.88 bits per heavy atom. The maximum Gasteiger partial charge on any atom is 0.573 e. The van der Waals surface area contributed by atoms with Crippen LogP contribution >= 0.6 is 0 Å². The molecule has 1 aliphatic heterocycles. The fourth-order valence-electron chi connectivity index (χ4n) is 3.70. The second-order valence-corrected chi connectivity index (χ2v) is 8.56. The van der Waals surface area contributed by atoms with E-state index in [0.717, 1.165) is 5.69 Å². The van der Waals surface area contributed by atoms with Crippen LogP contribution in [0.2, 0.25) is 0 Å². The van der Waals surface area contributed by atoms with Crippen molar-refractivity contribution in [3.63, 3.8) is 0 Å². The number of halogens is 3. The largest absolute Gasteiger partial charge is 0.573 e. The molecule has 34 heavy (non-hydrogen) atoms. The van der Waals surface area contributed by atoms with Crippen LogP contribution < -0.4 is 15.4 Å². The molecule has 2 heterocycles. The standard InChI is InChI=1S/C22H26F3N3O4.C2H6/c1-13-17(14-6-5-7-16(10-14)31-22(23,24)25)11-18-19(29)27-12-15(28(13)18)8-9-26-20(30)32-21(2,3)4;1-2/h5-7,10-11,15H,8-9,12H2,1-4H3,(H,26,30)(H,27,29);1-2H3. The fraction of sp³-hybridized carbons (Fsp3) is 0.500. The number of carbonyl (C=O) groups excluding carboxylic acids is 2. The van der Waals surface area contributed by atoms with E-state index in [0.29, 0.717) is 36.3 Å². The van der Waals surface area contributed by atoms with Crippen molar-refractivity contribution in [3.8, 4) is 16.9 Å². The molecule has 0 saturated carbocycles. The predicted octanol–water partition coefficient (Wildman–Crippen LogP) is 5.59. The molecule has 1 aromatic carbocycles. The maximum atomic E-state index is 12.6. The van der Waals surface area contributed by atoms with Crippen LogP contribution in [-0.4, -0.2) is 41.6 Å². The first-order valence-electron chi connectivity index (χ1n) is 11.2. The Morgan fingerprint density at radius 3 is 2.50 bits per heavy atom. The van der Waals surface area contributed by atoms with Crippen molar-refractivity contribution in [1.29, 1.82) is 0 Å². The van der Waals surface area contributed by atoms with E-state index in [2.05, 4.69) is 15.4 Å². The van der Waals surface area contributed by atoms with Gasteiger partial charge in [0.25, 0.3) is 5.91 Å². The van der Waals surface area contributed by atoms with Crippen molar-refractivity contribution in [2.75, 3.05) is 13.1 Å². The van der Waals surface area contributed by atoms with Crippen molar-refractivity contribution in [1.82, 2.24) is 15.2 Å². The lowest BCUT2D eigenvalue weighted by atomic mass is 10.1. The van der Waals surface area contributed by atoms with Gasteiger partial charge < -0.3 is 24.7 Å². The van der Waals surface area contributed by atoms with Gasteiger partial charge in [0.15, 0.2) is 0 Å². The molecular formula is C24H32F3N3O4. The van der Waals surface area contributed by atoms with Gasteiger partial charge in [-0.05, 0) is 57.9 Å². The van der Waals surface area contributed by atoms with Crippen molar-refractivity contribution >= 4 is 12.0 Å². The molecule has 3 rings (SSSR count). The Hall–Kier alpha value is -3.17. The molecule has 1 aliphatic rings. The summed E-state index contributed by atoms with van der Waals surface area (Å²) in [5, 5.41) is 5.53. The van der Waals surface area contributed by atoms with E-state index in [1.54, 1.807) is 32.9 Å². The normalized spacial score (nSPS) is 15.4. The number of carbonyl (C=O) groups is 2. The van der Waals surface area contributed by atoms with Crippen LogP contribution in [0.15, 0.2) is 30.3 Å². The molecule has 188 valence electrons. The molecule has 1 unspecified atom stereocenters. The van der Waals surface area contributed by atoms with Crippen LogP contribution in [0.25, 0.3) is 11.1 Å². The van der Waals surface area contributed by atoms with Gasteiger partial charge in [0, 0.05) is 24.3 Å². The van der Waals surface area contributed by atoms with Gasteiger partial charge in [-0.2, -0.15) is 0 Å². The quantitative estimate of drug-likeness (QED) is 0.581. The van der Waals surface area contributed by atoms with E-state index in [1.807, 2.05) is 25.3 Å². The summed E-state index contributed by atoms with van der Waals surface area (Å²) in [5.41, 5.74) is 1.68. The highest BCUT2D eigenvalue weighted by molar-refractivity contribution is 5.95. The molecule has 7 nitrogen and oxygen atoms in total. The van der Waals surface area contributed by atoms with Gasteiger partial charge in [0.1, 0.15) is 17.0 Å². The number of amides is 2. The van der Waals surface area contributed by atoms with Crippen LogP contribution in [-0.2, 0) is 4.74 Å². The van der Waals surface area contributed by atoms with E-state index < -0.39 is 18.1 Å². The number of nitrogens with one attached hydrogen (secondary N) is 2. The van der Waals surface area contributed by atoms with Crippen LogP contribution in [0.4, 0.5) is 18.0 Å². The van der Waals surface area contributed by atoms with Crippen molar-refractivity contribution in [2.45, 2.75) is 66.0 Å². The highest BCUT2D eigenvalue weighted by atomic mass is 19.4. The summed E-state index contributed by atoms with van der Waals surface area (Å²) in [6, 6.07) is 7.16. The van der Waals surface area contributed by atoms with E-state index in [9.17, 15) is 22.8 Å². The zero-order chi connectivity index (χ0) is 25.7. The number of hydrogen-bond acceptors (Lipinski definition) is 4. The maximum absolute atomic E-state index is 12.6. The molecule has 2 amide bonds. The SMILES string of the molecule is CC.Cc1c(-c2cccc(OC(F)(F)F)c2)cc2n1C(CCNC(=O)OC(C)(C)C)CNC2=O. The predicted molar refractivity (Wildman–Crippen MR) is 123 cm³/mol. The first-order chi connectivity index (χ1) is 15.8. The summed E-state index contributed by atoms with van der Waals surface area (Å²) >= 11 is 0. The van der Waals surface area contributed by atoms with Crippen LogP contribution in [0.5, 0.6) is 5.75 Å². The number of alkyl halides is 3. The Bertz CT molecular complexity index is 1010. The Balaban J connectivity index is 0.00000199. The lowest BCUT2D eigenvalue weighted by molar-refractivity contribution is -0.274. The highest BCUT2D eigenvalue weighted by Crippen LogP contribution is 2.34. The number of hydrogen-bond donors (Lipinski definition) is 2. The highest BCUT2D eigenvalue weighted by Gasteiger charge is 2.32. The number of ether oxygens (including phenoxy) is 2. The molecule has 0 bridgehead atoms. The first kappa shape index (κ1) is 27.1. The lowest BCUT2D eigenvalue weighted by Crippen LogP contribution is -2.41. The Morgan fingerprint density at radius 1 is 1.21 bits per heavy atom. The van der Waals surface area contributed by atoms with Gasteiger partial charge in [0.05, 0.1) is 6.04 Å². The fourth-order valence-corrected chi connectivity index (χ4v) is 3.70. The summed E-state index contributed by atoms with van der Waals surface area (Å²) < 4.78 is 48.9. The molecule has 0 saturated heterocycles. The third-order valence-electron chi connectivity index (χ3n) is 4.91. The average Bonchev–Trinajstić information content (AvgIpc) is 3.07. The molecule has 1 aromatic heterocycles. The zero-order valence-electron chi connectivity index (χ0n) is 20.3. The van der Waals surface area contributed by atoms with Gasteiger partial charge in [-0.1, -0.05) is 26.0 Å². The molecule has 0 aliphatic carbocycles. The summed E-state index contributed by atoms with van der Waals surface area (Å²) in [6.45, 7) is 11.8. The summed E-state index contributed by atoms with van der Waals surface area (Å²) in [6.07, 6.45) is -4.79. The molecule has 10 heteroatoms. The topological polar surface area (TPSA) is 81.6 Å². The number of fused-ring (bicyclic) bond motifs is 1. The van der Waals surface area contributed by atoms with E-state index in [4.69, 9.17) is 4.74 Å². The first-order valence-corrected chi connectivity index (χ1v) is 11.2. The minimum absolute atomic E-state index is 0.138. The summed E-state index contributed by atoms with van der Waals surface area (Å²) in [7, 11) is 0. The number of nitrogens with zero attached hydrogens (tertiary/aromatic N) is 1. The van der Waals surface area contributed by atoms with Crippen LogP contribution in [0, 0.1) is 6.92 Å². The van der Waals surface area contributed by atoms with E-state index in [-0.39, 0.29) is 17.7 Å². The summed E-state index contributed by atoms with van der Waals surface area (Å²) in [5.74, 6) is -0.598. The second-order valence-electron chi connectivity index (χ2n) is 8.56. The second kappa shape index (κ2) is 10.8. The number of aromatic nitrogens is 1. The molecule has 1 atom stereocenters. The molecule has 2 aromatic rings. The number of alkyl carbamates (subject to hydrolysis) is 1. The minimum Gasteiger partial charge on any atom is -0.444 e. The third kappa shape index (κ3) is 7.16. The van der Waals surface area contributed by atoms with Crippen molar-refractivity contribution in [3.05, 3.63) is 41.7 Å². The van der Waals surface area contributed by atoms with Crippen LogP contribution in [0.3, 0.4) is 0 Å². The van der Waals surface area contributed by atoms with Crippen molar-refractivity contribution in [2.24, 2.45) is 0 Å². The molecular weight excluding hydrogens is 451 g/mol. The van der Waals surface area contributed by atoms with Gasteiger partial charge in [0.2, 0.25) is 0 Å². The molecule has 0 fully saturated rings. The average molecular weight is 484 g/mol. The van der Waals surface area contributed by atoms with E-state index in [1.165, 1.54) is 18.2 Å². The minimum atomic E-state index is -4.79. The van der Waals surface area contributed by atoms with Crippen molar-refractivity contribution < 1.29 is 32.2 Å². The van der Waals surface area contributed by atoms with Gasteiger partial charge in [-0.15, -0.1) is 13.2 Å². The van der Waals surface area contributed by atoms with Gasteiger partial charge in [-0.3, -0.25) is 4.79 Å². The number of benzene rings is 1. The molecule has 0 spiro atoms. The third-order valence-corrected chi connectivity index (χ3v) is 4.91. The smallest absolute Gasteiger partial charge is 0.444 e. The van der Waals surface area contributed by atoms with Gasteiger partial charge >= 0.3 is 12.5 Å². The number of rotatable bonds is 5. The lowest BCUT2D eigenvalue weighted by Gasteiger charge is -2.28. The summed E-state index contributed by atoms with van der Waals surface area (Å²) in [4.78, 5) is 24.3. The molecule has 2 N–H and O–H groups in total.